The number of aromatic nitrogens is 1. The van der Waals surface area contributed by atoms with Gasteiger partial charge in [0.2, 0.25) is 0 Å². The molecule has 0 radical (unpaired) electrons. The fourth-order valence-electron chi connectivity index (χ4n) is 1.49. The number of carbonyl (C=O) groups excluding carboxylic acids is 1. The van der Waals surface area contributed by atoms with Crippen LogP contribution < -0.4 is 0 Å². The predicted molar refractivity (Wildman–Crippen MR) is 62.6 cm³/mol. The van der Waals surface area contributed by atoms with Crippen LogP contribution in [0.15, 0.2) is 18.3 Å². The number of halogens is 1. The van der Waals surface area contributed by atoms with Crippen molar-refractivity contribution in [3.63, 3.8) is 0 Å². The summed E-state index contributed by atoms with van der Waals surface area (Å²) in [6.45, 7) is 3.67. The van der Waals surface area contributed by atoms with E-state index in [0.717, 1.165) is 12.3 Å². The smallest absolute Gasteiger partial charge is 0.323 e. The number of nitrogens with zero attached hydrogens (tertiary/aromatic N) is 2. The lowest BCUT2D eigenvalue weighted by molar-refractivity contribution is -0.137. The largest absolute Gasteiger partial charge is 0.480 e. The van der Waals surface area contributed by atoms with E-state index in [2.05, 4.69) is 4.98 Å². The highest BCUT2D eigenvalue weighted by Gasteiger charge is 2.20. The van der Waals surface area contributed by atoms with E-state index in [9.17, 15) is 14.0 Å². The Bertz CT molecular complexity index is 431. The summed E-state index contributed by atoms with van der Waals surface area (Å²) in [6, 6.07) is 2.36. The molecule has 0 bridgehead atoms. The molecule has 18 heavy (non-hydrogen) atoms. The lowest BCUT2D eigenvalue weighted by atomic mass is 10.2. The first-order valence-corrected chi connectivity index (χ1v) is 5.52. The van der Waals surface area contributed by atoms with Crippen LogP contribution in [0.25, 0.3) is 0 Å². The molecule has 0 aliphatic heterocycles. The predicted octanol–water partition coefficient (Wildman–Crippen LogP) is 1.40. The van der Waals surface area contributed by atoms with Gasteiger partial charge in [0.05, 0.1) is 6.20 Å². The molecule has 5 nitrogen and oxygen atoms in total. The second-order valence-electron chi connectivity index (χ2n) is 4.33. The number of carboxylic acid groups (broad SMARTS) is 1. The molecule has 1 amide bonds. The third-order valence-electron chi connectivity index (χ3n) is 2.15. The molecule has 1 aromatic heterocycles. The second-order valence-corrected chi connectivity index (χ2v) is 4.33. The summed E-state index contributed by atoms with van der Waals surface area (Å²) < 4.78 is 12.7. The average Bonchev–Trinajstić information content (AvgIpc) is 2.27. The Morgan fingerprint density at radius 3 is 2.56 bits per heavy atom. The van der Waals surface area contributed by atoms with E-state index in [4.69, 9.17) is 5.11 Å². The van der Waals surface area contributed by atoms with Gasteiger partial charge in [-0.15, -0.1) is 0 Å². The summed E-state index contributed by atoms with van der Waals surface area (Å²) in [5.41, 5.74) is 0.0401. The van der Waals surface area contributed by atoms with Crippen LogP contribution in [0.2, 0.25) is 0 Å². The van der Waals surface area contributed by atoms with Crippen molar-refractivity contribution < 1.29 is 19.1 Å². The minimum absolute atomic E-state index is 0.0401. The van der Waals surface area contributed by atoms with Crippen molar-refractivity contribution in [2.75, 3.05) is 13.1 Å². The van der Waals surface area contributed by atoms with Gasteiger partial charge in [-0.05, 0) is 18.1 Å². The number of carboxylic acids is 1. The molecule has 0 atom stereocenters. The van der Waals surface area contributed by atoms with Crippen molar-refractivity contribution >= 4 is 11.9 Å². The SMILES string of the molecule is CC(C)CN(CC(=O)O)C(=O)c1ccc(F)cn1. The van der Waals surface area contributed by atoms with Crippen molar-refractivity contribution in [2.24, 2.45) is 5.92 Å². The minimum atomic E-state index is -1.09. The zero-order valence-electron chi connectivity index (χ0n) is 10.3. The molecule has 0 aromatic carbocycles. The highest BCUT2D eigenvalue weighted by atomic mass is 19.1. The number of aliphatic carboxylic acids is 1. The lowest BCUT2D eigenvalue weighted by Crippen LogP contribution is -2.38. The van der Waals surface area contributed by atoms with Crippen LogP contribution in [0, 0.1) is 11.7 Å². The van der Waals surface area contributed by atoms with E-state index >= 15 is 0 Å². The summed E-state index contributed by atoms with van der Waals surface area (Å²) in [5.74, 6) is -2.01. The molecule has 0 aliphatic carbocycles. The Balaban J connectivity index is 2.87. The summed E-state index contributed by atoms with van der Waals surface area (Å²) in [6.07, 6.45) is 0.932. The maximum absolute atomic E-state index is 12.7. The maximum Gasteiger partial charge on any atom is 0.323 e. The highest BCUT2D eigenvalue weighted by molar-refractivity contribution is 5.94. The Morgan fingerprint density at radius 1 is 1.44 bits per heavy atom. The minimum Gasteiger partial charge on any atom is -0.480 e. The van der Waals surface area contributed by atoms with Crippen LogP contribution in [-0.2, 0) is 4.79 Å². The van der Waals surface area contributed by atoms with Crippen LogP contribution in [0.1, 0.15) is 24.3 Å². The average molecular weight is 254 g/mol. The fraction of sp³-hybridized carbons (Fsp3) is 0.417. The molecule has 0 fully saturated rings. The molecule has 1 rings (SSSR count). The van der Waals surface area contributed by atoms with E-state index in [-0.39, 0.29) is 11.6 Å². The van der Waals surface area contributed by atoms with Gasteiger partial charge in [0, 0.05) is 6.54 Å². The molecule has 6 heteroatoms. The molecule has 0 saturated carbocycles. The monoisotopic (exact) mass is 254 g/mol. The van der Waals surface area contributed by atoms with Gasteiger partial charge in [0.25, 0.3) is 5.91 Å². The van der Waals surface area contributed by atoms with E-state index < -0.39 is 24.2 Å². The summed E-state index contributed by atoms with van der Waals surface area (Å²) in [7, 11) is 0. The Hall–Kier alpha value is -1.98. The first-order chi connectivity index (χ1) is 8.40. The number of pyridine rings is 1. The molecule has 98 valence electrons. The van der Waals surface area contributed by atoms with Gasteiger partial charge in [-0.25, -0.2) is 9.37 Å². The van der Waals surface area contributed by atoms with Crippen molar-refractivity contribution in [1.82, 2.24) is 9.88 Å². The number of hydrogen-bond acceptors (Lipinski definition) is 3. The topological polar surface area (TPSA) is 70.5 Å². The molecular formula is C12H15FN2O3. The first-order valence-electron chi connectivity index (χ1n) is 5.52. The van der Waals surface area contributed by atoms with Crippen LogP contribution in [-0.4, -0.2) is 40.0 Å². The maximum atomic E-state index is 12.7. The molecule has 0 saturated heterocycles. The van der Waals surface area contributed by atoms with Gasteiger partial charge < -0.3 is 10.0 Å². The summed E-state index contributed by atoms with van der Waals surface area (Å²) in [4.78, 5) is 27.6. The van der Waals surface area contributed by atoms with Crippen LogP contribution in [0.5, 0.6) is 0 Å². The van der Waals surface area contributed by atoms with Gasteiger partial charge in [0.15, 0.2) is 0 Å². The molecule has 0 aliphatic rings. The van der Waals surface area contributed by atoms with Gasteiger partial charge >= 0.3 is 5.97 Å². The number of carbonyl (C=O) groups is 2. The van der Waals surface area contributed by atoms with Crippen LogP contribution >= 0.6 is 0 Å². The quantitative estimate of drug-likeness (QED) is 0.862. The molecule has 1 heterocycles. The Morgan fingerprint density at radius 2 is 2.11 bits per heavy atom. The molecule has 0 unspecified atom stereocenters. The van der Waals surface area contributed by atoms with Crippen LogP contribution in [0.3, 0.4) is 0 Å². The first kappa shape index (κ1) is 14.1. The van der Waals surface area contributed by atoms with Gasteiger partial charge in [-0.2, -0.15) is 0 Å². The summed E-state index contributed by atoms with van der Waals surface area (Å²) >= 11 is 0. The third kappa shape index (κ3) is 4.12. The van der Waals surface area contributed by atoms with E-state index in [0.29, 0.717) is 6.54 Å². The fourth-order valence-corrected chi connectivity index (χ4v) is 1.49. The second kappa shape index (κ2) is 6.09. The number of hydrogen-bond donors (Lipinski definition) is 1. The van der Waals surface area contributed by atoms with Gasteiger partial charge in [-0.3, -0.25) is 9.59 Å². The lowest BCUT2D eigenvalue weighted by Gasteiger charge is -2.22. The molecule has 0 spiro atoms. The van der Waals surface area contributed by atoms with Crippen molar-refractivity contribution in [3.8, 4) is 0 Å². The van der Waals surface area contributed by atoms with Crippen molar-refractivity contribution in [3.05, 3.63) is 29.8 Å². The van der Waals surface area contributed by atoms with Gasteiger partial charge in [0.1, 0.15) is 18.1 Å². The molecular weight excluding hydrogens is 239 g/mol. The zero-order chi connectivity index (χ0) is 13.7. The van der Waals surface area contributed by atoms with Crippen molar-refractivity contribution in [1.29, 1.82) is 0 Å². The molecule has 1 aromatic rings. The molecule has 1 N–H and O–H groups in total. The van der Waals surface area contributed by atoms with E-state index in [1.165, 1.54) is 11.0 Å². The zero-order valence-corrected chi connectivity index (χ0v) is 10.3. The van der Waals surface area contributed by atoms with E-state index in [1.54, 1.807) is 0 Å². The Kier molecular flexibility index (Phi) is 4.76. The Labute approximate surface area is 104 Å². The number of amides is 1. The normalized spacial score (nSPS) is 10.4. The summed E-state index contributed by atoms with van der Waals surface area (Å²) in [5, 5.41) is 8.76. The highest BCUT2D eigenvalue weighted by Crippen LogP contribution is 2.06. The van der Waals surface area contributed by atoms with E-state index in [1.807, 2.05) is 13.8 Å². The van der Waals surface area contributed by atoms with Gasteiger partial charge in [-0.1, -0.05) is 13.8 Å². The number of rotatable bonds is 5. The third-order valence-corrected chi connectivity index (χ3v) is 2.15. The van der Waals surface area contributed by atoms with Crippen LogP contribution in [0.4, 0.5) is 4.39 Å². The van der Waals surface area contributed by atoms with Crippen molar-refractivity contribution in [2.45, 2.75) is 13.8 Å². The standard InChI is InChI=1S/C12H15FN2O3/c1-8(2)6-15(7-11(16)17)12(18)10-4-3-9(13)5-14-10/h3-5,8H,6-7H2,1-2H3,(H,16,17).